The number of alkyl halides is 1. The summed E-state index contributed by atoms with van der Waals surface area (Å²) in [5.74, 6) is -0.173. The molecule has 1 N–H and O–H groups in total. The van der Waals surface area contributed by atoms with E-state index >= 15 is 0 Å². The van der Waals surface area contributed by atoms with Gasteiger partial charge in [0.1, 0.15) is 5.88 Å². The fraction of sp³-hybridized carbons (Fsp3) is 0.167. The third-order valence-corrected chi connectivity index (χ3v) is 2.56. The minimum absolute atomic E-state index is 0.00856. The van der Waals surface area contributed by atoms with Gasteiger partial charge in [-0.15, -0.1) is 11.6 Å². The number of hydrogen-bond donors (Lipinski definition) is 1. The molecule has 17 heavy (non-hydrogen) atoms. The predicted molar refractivity (Wildman–Crippen MR) is 66.1 cm³/mol. The maximum Gasteiger partial charge on any atom is 0.235 e. The van der Waals surface area contributed by atoms with Gasteiger partial charge in [0.15, 0.2) is 0 Å². The SMILES string of the molecule is O=C(CCl)NCc1ccc(-n2cccn2)cc1. The van der Waals surface area contributed by atoms with Crippen LogP contribution in [0.5, 0.6) is 0 Å². The van der Waals surface area contributed by atoms with Gasteiger partial charge in [-0.05, 0) is 23.8 Å². The van der Waals surface area contributed by atoms with Gasteiger partial charge in [-0.2, -0.15) is 5.10 Å². The number of carbonyl (C=O) groups is 1. The van der Waals surface area contributed by atoms with Crippen molar-refractivity contribution in [3.05, 3.63) is 48.3 Å². The molecule has 5 heteroatoms. The topological polar surface area (TPSA) is 46.9 Å². The molecule has 1 aromatic heterocycles. The highest BCUT2D eigenvalue weighted by Crippen LogP contribution is 2.08. The zero-order chi connectivity index (χ0) is 12.1. The van der Waals surface area contributed by atoms with Crippen molar-refractivity contribution in [3.63, 3.8) is 0 Å². The maximum absolute atomic E-state index is 11.0. The molecule has 88 valence electrons. The van der Waals surface area contributed by atoms with Gasteiger partial charge in [0.25, 0.3) is 0 Å². The second kappa shape index (κ2) is 5.50. The molecule has 1 aromatic carbocycles. The van der Waals surface area contributed by atoms with Crippen LogP contribution in [0.2, 0.25) is 0 Å². The number of carbonyl (C=O) groups excluding carboxylic acids is 1. The summed E-state index contributed by atoms with van der Waals surface area (Å²) in [6, 6.07) is 9.68. The molecule has 1 heterocycles. The van der Waals surface area contributed by atoms with Crippen molar-refractivity contribution in [1.82, 2.24) is 15.1 Å². The van der Waals surface area contributed by atoms with Crippen LogP contribution in [0, 0.1) is 0 Å². The minimum Gasteiger partial charge on any atom is -0.351 e. The van der Waals surface area contributed by atoms with Gasteiger partial charge in [0, 0.05) is 18.9 Å². The van der Waals surface area contributed by atoms with E-state index in [-0.39, 0.29) is 11.8 Å². The molecule has 4 nitrogen and oxygen atoms in total. The van der Waals surface area contributed by atoms with Gasteiger partial charge in [-0.1, -0.05) is 12.1 Å². The summed E-state index contributed by atoms with van der Waals surface area (Å²) in [5, 5.41) is 6.84. The molecule has 0 radical (unpaired) electrons. The van der Waals surface area contributed by atoms with Crippen molar-refractivity contribution >= 4 is 17.5 Å². The molecular weight excluding hydrogens is 238 g/mol. The highest BCUT2D eigenvalue weighted by molar-refractivity contribution is 6.27. The average Bonchev–Trinajstić information content (AvgIpc) is 2.90. The van der Waals surface area contributed by atoms with Crippen LogP contribution in [-0.2, 0) is 11.3 Å². The summed E-state index contributed by atoms with van der Waals surface area (Å²) < 4.78 is 1.78. The van der Waals surface area contributed by atoms with E-state index in [1.165, 1.54) is 0 Å². The van der Waals surface area contributed by atoms with Gasteiger partial charge in [0.2, 0.25) is 5.91 Å². The van der Waals surface area contributed by atoms with E-state index in [0.717, 1.165) is 11.3 Å². The normalized spacial score (nSPS) is 10.2. The lowest BCUT2D eigenvalue weighted by molar-refractivity contribution is -0.118. The molecule has 0 aliphatic rings. The van der Waals surface area contributed by atoms with Gasteiger partial charge < -0.3 is 5.32 Å². The number of nitrogens with zero attached hydrogens (tertiary/aromatic N) is 2. The maximum atomic E-state index is 11.0. The number of amides is 1. The van der Waals surface area contributed by atoms with E-state index in [0.29, 0.717) is 6.54 Å². The summed E-state index contributed by atoms with van der Waals surface area (Å²) in [6.45, 7) is 0.491. The quantitative estimate of drug-likeness (QED) is 0.839. The van der Waals surface area contributed by atoms with Crippen LogP contribution in [-0.4, -0.2) is 21.6 Å². The molecule has 0 bridgehead atoms. The molecule has 0 saturated carbocycles. The van der Waals surface area contributed by atoms with Gasteiger partial charge >= 0.3 is 0 Å². The number of halogens is 1. The molecule has 0 saturated heterocycles. The summed E-state index contributed by atoms with van der Waals surface area (Å²) in [7, 11) is 0. The Labute approximate surface area is 104 Å². The second-order valence-corrected chi connectivity index (χ2v) is 3.79. The van der Waals surface area contributed by atoms with Crippen molar-refractivity contribution in [3.8, 4) is 5.69 Å². The lowest BCUT2D eigenvalue weighted by Crippen LogP contribution is -2.23. The van der Waals surface area contributed by atoms with Crippen molar-refractivity contribution in [1.29, 1.82) is 0 Å². The Kier molecular flexibility index (Phi) is 3.77. The fourth-order valence-corrected chi connectivity index (χ4v) is 1.53. The highest BCUT2D eigenvalue weighted by Gasteiger charge is 1.99. The molecule has 2 aromatic rings. The van der Waals surface area contributed by atoms with Crippen molar-refractivity contribution < 1.29 is 4.79 Å². The molecule has 0 aliphatic heterocycles. The number of benzene rings is 1. The van der Waals surface area contributed by atoms with Crippen LogP contribution in [0.15, 0.2) is 42.7 Å². The summed E-state index contributed by atoms with van der Waals surface area (Å²) in [4.78, 5) is 11.0. The molecular formula is C12H12ClN3O. The number of hydrogen-bond acceptors (Lipinski definition) is 2. The van der Waals surface area contributed by atoms with E-state index in [2.05, 4.69) is 10.4 Å². The van der Waals surface area contributed by atoms with E-state index in [9.17, 15) is 4.79 Å². The third-order valence-electron chi connectivity index (χ3n) is 2.32. The Morgan fingerprint density at radius 2 is 2.12 bits per heavy atom. The Balaban J connectivity index is 2.01. The lowest BCUT2D eigenvalue weighted by Gasteiger charge is -2.05. The minimum atomic E-state index is -0.164. The first-order chi connectivity index (χ1) is 8.29. The number of rotatable bonds is 4. The zero-order valence-corrected chi connectivity index (χ0v) is 9.89. The summed E-state index contributed by atoms with van der Waals surface area (Å²) >= 11 is 5.39. The largest absolute Gasteiger partial charge is 0.351 e. The van der Waals surface area contributed by atoms with E-state index in [1.54, 1.807) is 10.9 Å². The van der Waals surface area contributed by atoms with Crippen LogP contribution in [0.1, 0.15) is 5.56 Å². The van der Waals surface area contributed by atoms with Crippen molar-refractivity contribution in [2.24, 2.45) is 0 Å². The first-order valence-electron chi connectivity index (χ1n) is 5.21. The smallest absolute Gasteiger partial charge is 0.235 e. The fourth-order valence-electron chi connectivity index (χ4n) is 1.44. The summed E-state index contributed by atoms with van der Waals surface area (Å²) in [5.41, 5.74) is 2.02. The molecule has 0 atom stereocenters. The second-order valence-electron chi connectivity index (χ2n) is 3.53. The molecule has 1 amide bonds. The Morgan fingerprint density at radius 3 is 2.71 bits per heavy atom. The number of nitrogens with one attached hydrogen (secondary N) is 1. The van der Waals surface area contributed by atoms with Crippen LogP contribution >= 0.6 is 11.6 Å². The molecule has 0 aliphatic carbocycles. The Morgan fingerprint density at radius 1 is 1.35 bits per heavy atom. The Hall–Kier alpha value is -1.81. The third kappa shape index (κ3) is 3.07. The van der Waals surface area contributed by atoms with Crippen molar-refractivity contribution in [2.45, 2.75) is 6.54 Å². The molecule has 0 fully saturated rings. The van der Waals surface area contributed by atoms with Gasteiger partial charge in [-0.25, -0.2) is 4.68 Å². The van der Waals surface area contributed by atoms with Gasteiger partial charge in [0.05, 0.1) is 5.69 Å². The number of aromatic nitrogens is 2. The van der Waals surface area contributed by atoms with Gasteiger partial charge in [-0.3, -0.25) is 4.79 Å². The highest BCUT2D eigenvalue weighted by atomic mass is 35.5. The van der Waals surface area contributed by atoms with Crippen LogP contribution in [0.25, 0.3) is 5.69 Å². The van der Waals surface area contributed by atoms with Crippen LogP contribution in [0.3, 0.4) is 0 Å². The monoisotopic (exact) mass is 249 g/mol. The summed E-state index contributed by atoms with van der Waals surface area (Å²) in [6.07, 6.45) is 3.61. The van der Waals surface area contributed by atoms with Crippen LogP contribution in [0.4, 0.5) is 0 Å². The average molecular weight is 250 g/mol. The first-order valence-corrected chi connectivity index (χ1v) is 5.74. The van der Waals surface area contributed by atoms with E-state index in [1.807, 2.05) is 36.5 Å². The zero-order valence-electron chi connectivity index (χ0n) is 9.14. The predicted octanol–water partition coefficient (Wildman–Crippen LogP) is 1.73. The molecule has 0 unspecified atom stereocenters. The Bertz CT molecular complexity index is 479. The van der Waals surface area contributed by atoms with E-state index in [4.69, 9.17) is 11.6 Å². The molecule has 2 rings (SSSR count). The lowest BCUT2D eigenvalue weighted by atomic mass is 10.2. The van der Waals surface area contributed by atoms with E-state index < -0.39 is 0 Å². The first kappa shape index (κ1) is 11.7. The van der Waals surface area contributed by atoms with Crippen LogP contribution < -0.4 is 5.32 Å². The standard InChI is InChI=1S/C12H12ClN3O/c13-8-12(17)14-9-10-2-4-11(5-3-10)16-7-1-6-15-16/h1-7H,8-9H2,(H,14,17). The van der Waals surface area contributed by atoms with Crippen molar-refractivity contribution in [2.75, 3.05) is 5.88 Å². The molecule has 0 spiro atoms.